The van der Waals surface area contributed by atoms with Crippen molar-refractivity contribution in [2.75, 3.05) is 26.2 Å². The van der Waals surface area contributed by atoms with Gasteiger partial charge in [-0.15, -0.1) is 0 Å². The smallest absolute Gasteiger partial charge is 0.410 e. The van der Waals surface area contributed by atoms with Gasteiger partial charge in [-0.25, -0.2) is 4.79 Å². The minimum Gasteiger partial charge on any atom is -0.444 e. The largest absolute Gasteiger partial charge is 0.444 e. The molecule has 1 saturated heterocycles. The van der Waals surface area contributed by atoms with E-state index in [0.717, 1.165) is 60.2 Å². The fraction of sp³-hybridized carbons (Fsp3) is 0.407. The van der Waals surface area contributed by atoms with Crippen LogP contribution in [0.5, 0.6) is 0 Å². The molecule has 1 aliphatic heterocycles. The number of hydrogen-bond acceptors (Lipinski definition) is 4. The van der Waals surface area contributed by atoms with Crippen LogP contribution in [0.4, 0.5) is 4.79 Å². The Morgan fingerprint density at radius 3 is 2.48 bits per heavy atom. The van der Waals surface area contributed by atoms with Crippen molar-refractivity contribution < 1.29 is 9.53 Å². The molecule has 0 radical (unpaired) electrons. The standard InChI is InChI=1S/C27H33N3O3/c1-19-7-5-8-22-23(19)17-24(28-25(22)31)21-11-9-20(10-12-21)18-29-13-6-14-30(16-15-29)26(32)33-27(2,3)4/h5,7-12,17H,6,13-16,18H2,1-4H3,(H,28,31). The lowest BCUT2D eigenvalue weighted by Gasteiger charge is -2.26. The van der Waals surface area contributed by atoms with Crippen molar-refractivity contribution in [3.63, 3.8) is 0 Å². The zero-order valence-electron chi connectivity index (χ0n) is 20.0. The number of pyridine rings is 1. The molecular formula is C27H33N3O3. The van der Waals surface area contributed by atoms with E-state index < -0.39 is 5.60 Å². The van der Waals surface area contributed by atoms with Gasteiger partial charge in [0.1, 0.15) is 5.60 Å². The van der Waals surface area contributed by atoms with Crippen molar-refractivity contribution in [2.24, 2.45) is 0 Å². The van der Waals surface area contributed by atoms with Crippen LogP contribution in [0.15, 0.2) is 53.3 Å². The topological polar surface area (TPSA) is 65.6 Å². The molecule has 1 aliphatic rings. The summed E-state index contributed by atoms with van der Waals surface area (Å²) in [7, 11) is 0. The molecular weight excluding hydrogens is 414 g/mol. The van der Waals surface area contributed by atoms with Crippen molar-refractivity contribution in [3.8, 4) is 11.3 Å². The average Bonchev–Trinajstić information content (AvgIpc) is 2.99. The highest BCUT2D eigenvalue weighted by molar-refractivity contribution is 5.87. The molecule has 0 atom stereocenters. The predicted octanol–water partition coefficient (Wildman–Crippen LogP) is 4.95. The van der Waals surface area contributed by atoms with Gasteiger partial charge in [-0.1, -0.05) is 36.4 Å². The van der Waals surface area contributed by atoms with Gasteiger partial charge in [-0.3, -0.25) is 9.69 Å². The summed E-state index contributed by atoms with van der Waals surface area (Å²) in [5.41, 5.74) is 3.60. The molecule has 4 rings (SSSR count). The first kappa shape index (κ1) is 23.1. The summed E-state index contributed by atoms with van der Waals surface area (Å²) < 4.78 is 5.53. The lowest BCUT2D eigenvalue weighted by atomic mass is 10.0. The summed E-state index contributed by atoms with van der Waals surface area (Å²) in [5.74, 6) is 0. The number of fused-ring (bicyclic) bond motifs is 1. The van der Waals surface area contributed by atoms with Gasteiger partial charge in [-0.2, -0.15) is 0 Å². The molecule has 2 aromatic carbocycles. The molecule has 0 bridgehead atoms. The molecule has 1 amide bonds. The molecule has 3 aromatic rings. The Bertz CT molecular complexity index is 1190. The number of aromatic amines is 1. The van der Waals surface area contributed by atoms with E-state index in [0.29, 0.717) is 6.54 Å². The number of ether oxygens (including phenoxy) is 1. The number of rotatable bonds is 3. The van der Waals surface area contributed by atoms with Gasteiger partial charge < -0.3 is 14.6 Å². The van der Waals surface area contributed by atoms with E-state index in [-0.39, 0.29) is 11.7 Å². The highest BCUT2D eigenvalue weighted by Gasteiger charge is 2.24. The second kappa shape index (κ2) is 9.40. The molecule has 174 valence electrons. The van der Waals surface area contributed by atoms with Crippen LogP contribution in [0, 0.1) is 6.92 Å². The van der Waals surface area contributed by atoms with E-state index in [1.807, 2.05) is 50.8 Å². The van der Waals surface area contributed by atoms with Crippen LogP contribution < -0.4 is 5.56 Å². The third-order valence-electron chi connectivity index (χ3n) is 6.02. The van der Waals surface area contributed by atoms with E-state index >= 15 is 0 Å². The molecule has 0 unspecified atom stereocenters. The summed E-state index contributed by atoms with van der Waals surface area (Å²) in [4.78, 5) is 32.1. The Kier molecular flexibility index (Phi) is 6.56. The number of carbonyl (C=O) groups excluding carboxylic acids is 1. The third-order valence-corrected chi connectivity index (χ3v) is 6.02. The summed E-state index contributed by atoms with van der Waals surface area (Å²) in [5, 5.41) is 1.70. The molecule has 6 nitrogen and oxygen atoms in total. The quantitative estimate of drug-likeness (QED) is 0.617. The number of aryl methyl sites for hydroxylation is 1. The fourth-order valence-corrected chi connectivity index (χ4v) is 4.28. The number of nitrogens with one attached hydrogen (secondary N) is 1. The van der Waals surface area contributed by atoms with Gasteiger partial charge >= 0.3 is 6.09 Å². The molecule has 1 aromatic heterocycles. The molecule has 0 spiro atoms. The monoisotopic (exact) mass is 447 g/mol. The Labute approximate surface area is 195 Å². The number of hydrogen-bond donors (Lipinski definition) is 1. The zero-order chi connectivity index (χ0) is 23.6. The summed E-state index contributed by atoms with van der Waals surface area (Å²) in [6, 6.07) is 16.2. The average molecular weight is 448 g/mol. The van der Waals surface area contributed by atoms with Gasteiger partial charge in [-0.05, 0) is 68.3 Å². The van der Waals surface area contributed by atoms with E-state index in [1.54, 1.807) is 0 Å². The summed E-state index contributed by atoms with van der Waals surface area (Å²) in [6.45, 7) is 11.7. The molecule has 0 aliphatic carbocycles. The molecule has 0 saturated carbocycles. The Morgan fingerprint density at radius 2 is 1.76 bits per heavy atom. The van der Waals surface area contributed by atoms with Crippen molar-refractivity contribution >= 4 is 16.9 Å². The maximum absolute atomic E-state index is 12.5. The molecule has 1 N–H and O–H groups in total. The predicted molar refractivity (Wildman–Crippen MR) is 132 cm³/mol. The maximum Gasteiger partial charge on any atom is 0.410 e. The van der Waals surface area contributed by atoms with Crippen molar-refractivity contribution in [2.45, 2.75) is 46.3 Å². The number of aromatic nitrogens is 1. The van der Waals surface area contributed by atoms with Crippen LogP contribution in [0.3, 0.4) is 0 Å². The van der Waals surface area contributed by atoms with Crippen LogP contribution in [-0.4, -0.2) is 52.7 Å². The highest BCUT2D eigenvalue weighted by atomic mass is 16.6. The molecule has 2 heterocycles. The number of carbonyl (C=O) groups is 1. The zero-order valence-corrected chi connectivity index (χ0v) is 20.0. The van der Waals surface area contributed by atoms with E-state index in [2.05, 4.69) is 40.2 Å². The van der Waals surface area contributed by atoms with Gasteiger partial charge in [0.05, 0.1) is 0 Å². The molecule has 6 heteroatoms. The van der Waals surface area contributed by atoms with Gasteiger partial charge in [0, 0.05) is 43.8 Å². The minimum atomic E-state index is -0.473. The first-order valence-corrected chi connectivity index (χ1v) is 11.6. The number of benzene rings is 2. The minimum absolute atomic E-state index is 0.0608. The van der Waals surface area contributed by atoms with Crippen LogP contribution in [0.1, 0.15) is 38.3 Å². The van der Waals surface area contributed by atoms with E-state index in [4.69, 9.17) is 4.74 Å². The second-order valence-electron chi connectivity index (χ2n) is 9.84. The van der Waals surface area contributed by atoms with E-state index in [9.17, 15) is 9.59 Å². The Balaban J connectivity index is 1.42. The first-order chi connectivity index (χ1) is 15.7. The Hall–Kier alpha value is -3.12. The van der Waals surface area contributed by atoms with Crippen LogP contribution in [0.2, 0.25) is 0 Å². The Morgan fingerprint density at radius 1 is 1.00 bits per heavy atom. The fourth-order valence-electron chi connectivity index (χ4n) is 4.28. The van der Waals surface area contributed by atoms with Crippen molar-refractivity contribution in [1.82, 2.24) is 14.8 Å². The summed E-state index contributed by atoms with van der Waals surface area (Å²) >= 11 is 0. The highest BCUT2D eigenvalue weighted by Crippen LogP contribution is 2.23. The van der Waals surface area contributed by atoms with Gasteiger partial charge in [0.15, 0.2) is 0 Å². The normalized spacial score (nSPS) is 15.5. The molecule has 1 fully saturated rings. The van der Waals surface area contributed by atoms with Crippen molar-refractivity contribution in [1.29, 1.82) is 0 Å². The van der Waals surface area contributed by atoms with Crippen LogP contribution in [-0.2, 0) is 11.3 Å². The van der Waals surface area contributed by atoms with Crippen LogP contribution >= 0.6 is 0 Å². The van der Waals surface area contributed by atoms with Gasteiger partial charge in [0.2, 0.25) is 0 Å². The van der Waals surface area contributed by atoms with Crippen LogP contribution in [0.25, 0.3) is 22.0 Å². The SMILES string of the molecule is Cc1cccc2c(=O)[nH]c(-c3ccc(CN4CCCN(C(=O)OC(C)(C)C)CC4)cc3)cc12. The van der Waals surface area contributed by atoms with Crippen molar-refractivity contribution in [3.05, 3.63) is 70.0 Å². The number of H-pyrrole nitrogens is 1. The lowest BCUT2D eigenvalue weighted by Crippen LogP contribution is -2.39. The number of amides is 1. The van der Waals surface area contributed by atoms with Gasteiger partial charge in [0.25, 0.3) is 5.56 Å². The molecule has 33 heavy (non-hydrogen) atoms. The van der Waals surface area contributed by atoms with E-state index in [1.165, 1.54) is 5.56 Å². The summed E-state index contributed by atoms with van der Waals surface area (Å²) in [6.07, 6.45) is 0.697. The first-order valence-electron chi connectivity index (χ1n) is 11.6. The lowest BCUT2D eigenvalue weighted by molar-refractivity contribution is 0.0257. The maximum atomic E-state index is 12.5. The number of nitrogens with zero attached hydrogens (tertiary/aromatic N) is 2. The third kappa shape index (κ3) is 5.63. The second-order valence-corrected chi connectivity index (χ2v) is 9.84.